The number of carbonyl (C=O) groups excluding carboxylic acids is 1. The third kappa shape index (κ3) is 3.46. The fourth-order valence-electron chi connectivity index (χ4n) is 3.17. The van der Waals surface area contributed by atoms with Crippen LogP contribution in [0.2, 0.25) is 5.02 Å². The van der Waals surface area contributed by atoms with Crippen LogP contribution in [0.5, 0.6) is 11.5 Å². The number of hydrogen-bond acceptors (Lipinski definition) is 4. The molecule has 28 heavy (non-hydrogen) atoms. The van der Waals surface area contributed by atoms with Crippen LogP contribution < -0.4 is 14.9 Å². The van der Waals surface area contributed by atoms with Crippen LogP contribution in [-0.4, -0.2) is 23.5 Å². The minimum Gasteiger partial charge on any atom is -0.454 e. The Balaban J connectivity index is 1.53. The van der Waals surface area contributed by atoms with E-state index in [9.17, 15) is 4.79 Å². The number of amides is 1. The first-order chi connectivity index (χ1) is 13.5. The number of aryl methyl sites for hydroxylation is 1. The van der Waals surface area contributed by atoms with E-state index < -0.39 is 0 Å². The van der Waals surface area contributed by atoms with E-state index in [1.165, 1.54) is 0 Å². The molecule has 0 bridgehead atoms. The molecular weight excluding hydrogens is 378 g/mol. The molecule has 0 saturated carbocycles. The number of aromatic nitrogens is 1. The molecule has 0 radical (unpaired) electrons. The summed E-state index contributed by atoms with van der Waals surface area (Å²) >= 11 is 5.84. The lowest BCUT2D eigenvalue weighted by molar-refractivity contribution is 0.0955. The third-order valence-electron chi connectivity index (χ3n) is 4.56. The van der Waals surface area contributed by atoms with Gasteiger partial charge in [0.05, 0.1) is 6.21 Å². The van der Waals surface area contributed by atoms with Crippen molar-refractivity contribution in [1.29, 1.82) is 0 Å². The summed E-state index contributed by atoms with van der Waals surface area (Å²) in [6, 6.07) is 14.5. The predicted octanol–water partition coefficient (Wildman–Crippen LogP) is 4.24. The average Bonchev–Trinajstić information content (AvgIpc) is 3.26. The maximum absolute atomic E-state index is 12.1. The van der Waals surface area contributed by atoms with Crippen molar-refractivity contribution < 1.29 is 14.3 Å². The van der Waals surface area contributed by atoms with E-state index in [2.05, 4.69) is 15.1 Å². The highest BCUT2D eigenvalue weighted by atomic mass is 35.5. The van der Waals surface area contributed by atoms with E-state index in [0.29, 0.717) is 10.6 Å². The molecule has 7 heteroatoms. The number of hydrogen-bond donors (Lipinski definition) is 1. The quantitative estimate of drug-likeness (QED) is 0.530. The summed E-state index contributed by atoms with van der Waals surface area (Å²) in [6.45, 7) is 4.26. The normalized spacial score (nSPS) is 12.5. The van der Waals surface area contributed by atoms with Crippen LogP contribution in [0.3, 0.4) is 0 Å². The monoisotopic (exact) mass is 395 g/mol. The van der Waals surface area contributed by atoms with Gasteiger partial charge in [-0.05, 0) is 56.3 Å². The van der Waals surface area contributed by atoms with Gasteiger partial charge in [0.2, 0.25) is 6.79 Å². The second-order valence-corrected chi connectivity index (χ2v) is 6.84. The smallest absolute Gasteiger partial charge is 0.271 e. The van der Waals surface area contributed by atoms with Gasteiger partial charge in [-0.3, -0.25) is 4.79 Å². The zero-order valence-electron chi connectivity index (χ0n) is 15.4. The van der Waals surface area contributed by atoms with E-state index in [0.717, 1.165) is 34.1 Å². The highest BCUT2D eigenvalue weighted by Gasteiger charge is 2.16. The van der Waals surface area contributed by atoms with Crippen LogP contribution in [0.15, 0.2) is 53.6 Å². The molecule has 3 aromatic rings. The van der Waals surface area contributed by atoms with E-state index in [1.807, 2.05) is 38.1 Å². The molecule has 0 fully saturated rings. The van der Waals surface area contributed by atoms with E-state index in [1.54, 1.807) is 30.5 Å². The number of hydrazone groups is 1. The summed E-state index contributed by atoms with van der Waals surface area (Å²) in [5, 5.41) is 4.67. The summed E-state index contributed by atoms with van der Waals surface area (Å²) in [5.74, 6) is 1.19. The van der Waals surface area contributed by atoms with Crippen molar-refractivity contribution in [3.63, 3.8) is 0 Å². The summed E-state index contributed by atoms with van der Waals surface area (Å²) < 4.78 is 12.9. The second-order valence-electron chi connectivity index (χ2n) is 6.41. The highest BCUT2D eigenvalue weighted by molar-refractivity contribution is 6.30. The fraction of sp³-hybridized carbons (Fsp3) is 0.143. The number of halogens is 1. The van der Waals surface area contributed by atoms with Crippen LogP contribution >= 0.6 is 11.6 Å². The van der Waals surface area contributed by atoms with E-state index in [-0.39, 0.29) is 12.7 Å². The Morgan fingerprint density at radius 2 is 1.86 bits per heavy atom. The Morgan fingerprint density at radius 1 is 1.11 bits per heavy atom. The van der Waals surface area contributed by atoms with Gasteiger partial charge in [-0.15, -0.1) is 0 Å². The predicted molar refractivity (Wildman–Crippen MR) is 108 cm³/mol. The Bertz CT molecular complexity index is 1070. The van der Waals surface area contributed by atoms with Crippen LogP contribution in [-0.2, 0) is 0 Å². The number of fused-ring (bicyclic) bond motifs is 1. The van der Waals surface area contributed by atoms with Crippen LogP contribution in [0, 0.1) is 13.8 Å². The molecular formula is C21H18ClN3O3. The van der Waals surface area contributed by atoms with Crippen molar-refractivity contribution >= 4 is 23.7 Å². The fourth-order valence-corrected chi connectivity index (χ4v) is 3.29. The highest BCUT2D eigenvalue weighted by Crippen LogP contribution is 2.34. The molecule has 1 aliphatic heterocycles. The molecule has 1 aliphatic rings. The Hall–Kier alpha value is -3.25. The molecule has 0 aliphatic carbocycles. The number of nitrogens with one attached hydrogen (secondary N) is 1. The maximum Gasteiger partial charge on any atom is 0.271 e. The lowest BCUT2D eigenvalue weighted by Crippen LogP contribution is -2.17. The number of ether oxygens (including phenoxy) is 2. The Kier molecular flexibility index (Phi) is 4.79. The van der Waals surface area contributed by atoms with Gasteiger partial charge >= 0.3 is 0 Å². The van der Waals surface area contributed by atoms with E-state index >= 15 is 0 Å². The summed E-state index contributed by atoms with van der Waals surface area (Å²) in [4.78, 5) is 12.1. The molecule has 1 N–H and O–H groups in total. The van der Waals surface area contributed by atoms with Gasteiger partial charge in [-0.1, -0.05) is 11.6 Å². The number of nitrogens with zero attached hydrogens (tertiary/aromatic N) is 2. The molecule has 0 unspecified atom stereocenters. The zero-order valence-corrected chi connectivity index (χ0v) is 16.2. The maximum atomic E-state index is 12.1. The molecule has 142 valence electrons. The molecule has 2 aromatic carbocycles. The van der Waals surface area contributed by atoms with Gasteiger partial charge in [0.1, 0.15) is 0 Å². The van der Waals surface area contributed by atoms with E-state index in [4.69, 9.17) is 21.1 Å². The average molecular weight is 396 g/mol. The van der Waals surface area contributed by atoms with Crippen molar-refractivity contribution in [2.45, 2.75) is 13.8 Å². The van der Waals surface area contributed by atoms with Crippen molar-refractivity contribution in [3.05, 3.63) is 76.1 Å². The Morgan fingerprint density at radius 3 is 2.64 bits per heavy atom. The van der Waals surface area contributed by atoms with Gasteiger partial charge < -0.3 is 14.0 Å². The first-order valence-electron chi connectivity index (χ1n) is 8.71. The first kappa shape index (κ1) is 18.1. The van der Waals surface area contributed by atoms with Crippen LogP contribution in [0.25, 0.3) is 5.69 Å². The second kappa shape index (κ2) is 7.40. The first-order valence-corrected chi connectivity index (χ1v) is 9.08. The van der Waals surface area contributed by atoms with Gasteiger partial charge in [0.15, 0.2) is 11.5 Å². The van der Waals surface area contributed by atoms with Gasteiger partial charge in [-0.2, -0.15) is 5.10 Å². The molecule has 0 spiro atoms. The lowest BCUT2D eigenvalue weighted by atomic mass is 10.2. The largest absolute Gasteiger partial charge is 0.454 e. The van der Waals surface area contributed by atoms with Crippen LogP contribution in [0.4, 0.5) is 0 Å². The summed E-state index contributed by atoms with van der Waals surface area (Å²) in [7, 11) is 0. The molecule has 2 heterocycles. The number of carbonyl (C=O) groups is 1. The minimum absolute atomic E-state index is 0.244. The molecule has 1 amide bonds. The molecule has 6 nitrogen and oxygen atoms in total. The molecule has 4 rings (SSSR count). The van der Waals surface area contributed by atoms with Crippen LogP contribution in [0.1, 0.15) is 27.3 Å². The number of benzene rings is 2. The van der Waals surface area contributed by atoms with Crippen molar-refractivity contribution in [2.24, 2.45) is 5.10 Å². The molecule has 0 saturated heterocycles. The standard InChI is InChI=1S/C21H18ClN3O3/c1-13-9-16(11-23-24-21(26)15-3-5-17(22)6-4-15)14(2)25(13)18-7-8-19-20(10-18)28-12-27-19/h3-11H,12H2,1-2H3,(H,24,26)/b23-11-. The third-order valence-corrected chi connectivity index (χ3v) is 4.81. The van der Waals surface area contributed by atoms with Gasteiger partial charge in [0, 0.05) is 39.3 Å². The van der Waals surface area contributed by atoms with Crippen molar-refractivity contribution in [2.75, 3.05) is 6.79 Å². The molecule has 1 aromatic heterocycles. The number of rotatable bonds is 4. The zero-order chi connectivity index (χ0) is 19.7. The summed E-state index contributed by atoms with van der Waals surface area (Å²) in [6.07, 6.45) is 1.64. The summed E-state index contributed by atoms with van der Waals surface area (Å²) in [5.41, 5.74) is 6.96. The van der Waals surface area contributed by atoms with Crippen molar-refractivity contribution in [1.82, 2.24) is 9.99 Å². The van der Waals surface area contributed by atoms with Crippen molar-refractivity contribution in [3.8, 4) is 17.2 Å². The SMILES string of the molecule is Cc1cc(/C=N\NC(=O)c2ccc(Cl)cc2)c(C)n1-c1ccc2c(c1)OCO2. The minimum atomic E-state index is -0.294. The molecule has 0 atom stereocenters. The van der Waals surface area contributed by atoms with Gasteiger partial charge in [0.25, 0.3) is 5.91 Å². The van der Waals surface area contributed by atoms with Gasteiger partial charge in [-0.25, -0.2) is 5.43 Å². The Labute approximate surface area is 167 Å². The lowest BCUT2D eigenvalue weighted by Gasteiger charge is -2.10. The topological polar surface area (TPSA) is 64.9 Å².